The van der Waals surface area contributed by atoms with Crippen LogP contribution in [0.5, 0.6) is 11.5 Å². The van der Waals surface area contributed by atoms with E-state index >= 15 is 0 Å². The third kappa shape index (κ3) is 9.79. The number of likely N-dealkylation sites (N-methyl/N-ethyl adjacent to an activating group) is 2. The number of rotatable bonds is 16. The molecular formula is C29H41N2O7+. The highest BCUT2D eigenvalue weighted by Crippen LogP contribution is 2.23. The number of hydrogen-bond acceptors (Lipinski definition) is 8. The van der Waals surface area contributed by atoms with Gasteiger partial charge in [0.05, 0.1) is 13.1 Å². The minimum atomic E-state index is -0.557. The van der Waals surface area contributed by atoms with Gasteiger partial charge >= 0.3 is 17.9 Å². The van der Waals surface area contributed by atoms with Gasteiger partial charge in [-0.2, -0.15) is 0 Å². The van der Waals surface area contributed by atoms with Crippen LogP contribution in [0.3, 0.4) is 0 Å². The van der Waals surface area contributed by atoms with Crippen molar-refractivity contribution >= 4 is 17.9 Å². The zero-order valence-electron chi connectivity index (χ0n) is 23.0. The summed E-state index contributed by atoms with van der Waals surface area (Å²) in [6, 6.07) is 11.6. The van der Waals surface area contributed by atoms with Crippen LogP contribution >= 0.6 is 0 Å². The second-order valence-electron chi connectivity index (χ2n) is 8.96. The third-order valence-corrected chi connectivity index (χ3v) is 6.26. The first kappa shape index (κ1) is 30.8. The molecule has 9 heteroatoms. The van der Waals surface area contributed by atoms with Crippen molar-refractivity contribution in [3.05, 3.63) is 59.2 Å². The highest BCUT2D eigenvalue weighted by atomic mass is 16.5. The normalized spacial score (nSPS) is 11.7. The Morgan fingerprint density at radius 1 is 0.868 bits per heavy atom. The quantitative estimate of drug-likeness (QED) is 0.252. The van der Waals surface area contributed by atoms with Gasteiger partial charge in [0.15, 0.2) is 0 Å². The van der Waals surface area contributed by atoms with Gasteiger partial charge in [0, 0.05) is 25.5 Å². The van der Waals surface area contributed by atoms with Gasteiger partial charge in [-0.3, -0.25) is 4.79 Å². The predicted octanol–water partition coefficient (Wildman–Crippen LogP) is 2.51. The Labute approximate surface area is 225 Å². The number of esters is 3. The predicted molar refractivity (Wildman–Crippen MR) is 144 cm³/mol. The maximum Gasteiger partial charge on any atom is 0.342 e. The molecule has 0 aromatic heterocycles. The van der Waals surface area contributed by atoms with Crippen LogP contribution in [0.1, 0.15) is 60.4 Å². The molecule has 0 fully saturated rings. The maximum atomic E-state index is 12.6. The summed E-state index contributed by atoms with van der Waals surface area (Å²) in [7, 11) is 0. The maximum absolute atomic E-state index is 12.6. The average molecular weight is 530 g/mol. The van der Waals surface area contributed by atoms with Crippen molar-refractivity contribution in [1.29, 1.82) is 0 Å². The van der Waals surface area contributed by atoms with E-state index in [1.54, 1.807) is 42.5 Å². The molecule has 1 unspecified atom stereocenters. The van der Waals surface area contributed by atoms with E-state index in [0.717, 1.165) is 31.0 Å². The average Bonchev–Trinajstić information content (AvgIpc) is 2.90. The van der Waals surface area contributed by atoms with Crippen molar-refractivity contribution in [3.63, 3.8) is 0 Å². The smallest absolute Gasteiger partial charge is 0.342 e. The van der Waals surface area contributed by atoms with E-state index in [-0.39, 0.29) is 35.8 Å². The van der Waals surface area contributed by atoms with Crippen LogP contribution in [-0.2, 0) is 20.7 Å². The van der Waals surface area contributed by atoms with Crippen LogP contribution in [-0.4, -0.2) is 80.4 Å². The summed E-state index contributed by atoms with van der Waals surface area (Å²) in [4.78, 5) is 39.7. The molecule has 0 amide bonds. The van der Waals surface area contributed by atoms with Gasteiger partial charge in [-0.15, -0.1) is 0 Å². The molecule has 0 saturated heterocycles. The highest BCUT2D eigenvalue weighted by molar-refractivity contribution is 5.93. The first-order valence-electron chi connectivity index (χ1n) is 13.3. The fourth-order valence-electron chi connectivity index (χ4n) is 4.08. The van der Waals surface area contributed by atoms with Crippen LogP contribution in [0.15, 0.2) is 42.5 Å². The largest absolute Gasteiger partial charge is 0.507 e. The summed E-state index contributed by atoms with van der Waals surface area (Å²) in [6.45, 7) is 12.5. The summed E-state index contributed by atoms with van der Waals surface area (Å²) in [5.74, 6) is -1.48. The lowest BCUT2D eigenvalue weighted by atomic mass is 10.1. The van der Waals surface area contributed by atoms with Gasteiger partial charge < -0.3 is 29.1 Å². The number of phenolic OH excluding ortho intramolecular Hbond substituents is 1. The lowest BCUT2D eigenvalue weighted by Crippen LogP contribution is -3.12. The zero-order chi connectivity index (χ0) is 27.9. The van der Waals surface area contributed by atoms with Gasteiger partial charge in [0.25, 0.3) is 0 Å². The number of nitrogens with zero attached hydrogens (tertiary/aromatic N) is 1. The molecule has 0 aliphatic heterocycles. The van der Waals surface area contributed by atoms with E-state index in [0.29, 0.717) is 31.6 Å². The summed E-state index contributed by atoms with van der Waals surface area (Å²) in [6.07, 6.45) is 1.58. The van der Waals surface area contributed by atoms with E-state index in [2.05, 4.69) is 18.7 Å². The molecule has 38 heavy (non-hydrogen) atoms. The molecule has 0 radical (unpaired) electrons. The minimum absolute atomic E-state index is 0.0534. The Morgan fingerprint density at radius 2 is 1.55 bits per heavy atom. The summed E-state index contributed by atoms with van der Waals surface area (Å²) in [5.41, 5.74) is 1.03. The number of quaternary nitrogens is 1. The number of carbonyl (C=O) groups is 3. The van der Waals surface area contributed by atoms with E-state index in [1.165, 1.54) is 6.92 Å². The van der Waals surface area contributed by atoms with Crippen molar-refractivity contribution in [3.8, 4) is 11.5 Å². The number of para-hydroxylation sites is 2. The van der Waals surface area contributed by atoms with E-state index < -0.39 is 17.9 Å². The number of carbonyl (C=O) groups excluding carboxylic acids is 3. The molecule has 2 aromatic carbocycles. The second-order valence-corrected chi connectivity index (χ2v) is 8.96. The molecule has 0 saturated carbocycles. The van der Waals surface area contributed by atoms with Crippen molar-refractivity contribution in [2.75, 3.05) is 52.5 Å². The molecule has 1 atom stereocenters. The summed E-state index contributed by atoms with van der Waals surface area (Å²) < 4.78 is 15.9. The Bertz CT molecular complexity index is 1060. The number of aromatic hydroxyl groups is 1. The second kappa shape index (κ2) is 16.4. The van der Waals surface area contributed by atoms with Gasteiger partial charge in [-0.05, 0) is 44.6 Å². The van der Waals surface area contributed by atoms with Gasteiger partial charge in [-0.1, -0.05) is 38.1 Å². The summed E-state index contributed by atoms with van der Waals surface area (Å²) in [5, 5.41) is 10.7. The van der Waals surface area contributed by atoms with E-state index in [4.69, 9.17) is 14.2 Å². The molecular weight excluding hydrogens is 488 g/mol. The van der Waals surface area contributed by atoms with Crippen molar-refractivity contribution in [2.45, 2.75) is 40.5 Å². The molecule has 2 aromatic rings. The number of nitrogens with one attached hydrogen (secondary N) is 1. The minimum Gasteiger partial charge on any atom is -0.507 e. The molecule has 0 spiro atoms. The number of phenols is 1. The van der Waals surface area contributed by atoms with Crippen LogP contribution < -0.4 is 9.64 Å². The SMILES string of the molecule is CCCN(CC)CCOC(=O)c1cccc(CC[NH+](CC)CCOC(=O)c2ccccc2OC(C)=O)c1O. The lowest BCUT2D eigenvalue weighted by Gasteiger charge is -2.19. The molecule has 2 rings (SSSR count). The third-order valence-electron chi connectivity index (χ3n) is 6.26. The molecule has 0 aliphatic carbocycles. The number of hydrogen-bond donors (Lipinski definition) is 2. The van der Waals surface area contributed by atoms with E-state index in [9.17, 15) is 19.5 Å². The molecule has 0 aliphatic rings. The lowest BCUT2D eigenvalue weighted by molar-refractivity contribution is -0.898. The Kier molecular flexibility index (Phi) is 13.3. The van der Waals surface area contributed by atoms with Crippen LogP contribution in [0, 0.1) is 0 Å². The first-order chi connectivity index (χ1) is 18.3. The van der Waals surface area contributed by atoms with Crippen LogP contribution in [0.2, 0.25) is 0 Å². The topological polar surface area (TPSA) is 107 Å². The van der Waals surface area contributed by atoms with Crippen molar-refractivity contribution in [1.82, 2.24) is 4.90 Å². The molecule has 208 valence electrons. The first-order valence-corrected chi connectivity index (χ1v) is 13.3. The monoisotopic (exact) mass is 529 g/mol. The highest BCUT2D eigenvalue weighted by Gasteiger charge is 2.19. The van der Waals surface area contributed by atoms with Crippen LogP contribution in [0.25, 0.3) is 0 Å². The molecule has 0 bridgehead atoms. The Morgan fingerprint density at radius 3 is 2.24 bits per heavy atom. The number of ether oxygens (including phenoxy) is 3. The molecule has 0 heterocycles. The van der Waals surface area contributed by atoms with Crippen molar-refractivity contribution in [2.24, 2.45) is 0 Å². The fraction of sp³-hybridized carbons (Fsp3) is 0.483. The molecule has 9 nitrogen and oxygen atoms in total. The van der Waals surface area contributed by atoms with Gasteiger partial charge in [-0.25, -0.2) is 9.59 Å². The fourth-order valence-corrected chi connectivity index (χ4v) is 4.08. The zero-order valence-corrected chi connectivity index (χ0v) is 23.0. The van der Waals surface area contributed by atoms with Crippen LogP contribution in [0.4, 0.5) is 0 Å². The van der Waals surface area contributed by atoms with Crippen molar-refractivity contribution < 1.29 is 38.6 Å². The van der Waals surface area contributed by atoms with E-state index in [1.807, 2.05) is 6.92 Å². The standard InChI is InChI=1S/C29H40N2O7/c1-5-16-30(6-2)18-20-37-29(35)25-13-10-11-23(27(25)33)15-17-31(7-3)19-21-36-28(34)24-12-8-9-14-26(24)38-22(4)32/h8-14,33H,5-7,15-21H2,1-4H3/p+1. The Balaban J connectivity index is 1.87. The Hall–Kier alpha value is -3.43. The van der Waals surface area contributed by atoms with Gasteiger partial charge in [0.1, 0.15) is 42.4 Å². The molecule has 2 N–H and O–H groups in total. The van der Waals surface area contributed by atoms with Gasteiger partial charge in [0.2, 0.25) is 0 Å². The summed E-state index contributed by atoms with van der Waals surface area (Å²) >= 11 is 0. The number of benzene rings is 2.